The lowest BCUT2D eigenvalue weighted by atomic mass is 10.1. The Morgan fingerprint density at radius 2 is 1.96 bits per heavy atom. The smallest absolute Gasteiger partial charge is 0.253 e. The van der Waals surface area contributed by atoms with Gasteiger partial charge in [0.05, 0.1) is 11.1 Å². The van der Waals surface area contributed by atoms with Crippen LogP contribution >= 0.6 is 11.6 Å². The third kappa shape index (κ3) is 3.19. The average molecular weight is 341 g/mol. The molecule has 2 aromatic carbocycles. The van der Waals surface area contributed by atoms with Gasteiger partial charge in [-0.1, -0.05) is 47.5 Å². The molecule has 5 heteroatoms. The Balaban J connectivity index is 1.91. The highest BCUT2D eigenvalue weighted by Crippen LogP contribution is 2.25. The van der Waals surface area contributed by atoms with E-state index in [9.17, 15) is 9.59 Å². The summed E-state index contributed by atoms with van der Waals surface area (Å²) in [5, 5.41) is 4.13. The fourth-order valence-corrected chi connectivity index (χ4v) is 2.91. The minimum atomic E-state index is -0.219. The van der Waals surface area contributed by atoms with Crippen LogP contribution < -0.4 is 5.32 Å². The predicted octanol–water partition coefficient (Wildman–Crippen LogP) is 4.19. The van der Waals surface area contributed by atoms with E-state index in [1.807, 2.05) is 31.2 Å². The molecule has 0 saturated carbocycles. The molecule has 1 aromatic heterocycles. The Kier molecular flexibility index (Phi) is 4.40. The summed E-state index contributed by atoms with van der Waals surface area (Å²) in [6, 6.07) is 13.1. The number of rotatable bonds is 3. The summed E-state index contributed by atoms with van der Waals surface area (Å²) in [6.45, 7) is 3.89. The van der Waals surface area contributed by atoms with Gasteiger partial charge in [0, 0.05) is 30.1 Å². The first-order valence-corrected chi connectivity index (χ1v) is 7.99. The third-order valence-corrected chi connectivity index (χ3v) is 4.12. The van der Waals surface area contributed by atoms with Crippen LogP contribution in [0.3, 0.4) is 0 Å². The number of carbonyl (C=O) groups excluding carboxylic acids is 2. The van der Waals surface area contributed by atoms with Crippen LogP contribution in [0.5, 0.6) is 0 Å². The Labute approximate surface area is 145 Å². The number of fused-ring (bicyclic) bond motifs is 1. The first-order valence-electron chi connectivity index (χ1n) is 7.61. The Hall–Kier alpha value is -2.59. The molecule has 24 heavy (non-hydrogen) atoms. The molecule has 0 aliphatic carbocycles. The quantitative estimate of drug-likeness (QED) is 0.777. The van der Waals surface area contributed by atoms with Crippen LogP contribution in [0.1, 0.15) is 33.2 Å². The topological polar surface area (TPSA) is 51.1 Å². The van der Waals surface area contributed by atoms with E-state index in [0.717, 1.165) is 11.1 Å². The normalized spacial score (nSPS) is 10.8. The molecule has 0 bridgehead atoms. The van der Waals surface area contributed by atoms with E-state index in [-0.39, 0.29) is 11.8 Å². The number of amides is 1. The summed E-state index contributed by atoms with van der Waals surface area (Å²) < 4.78 is 1.45. The number of nitrogens with zero attached hydrogens (tertiary/aromatic N) is 1. The van der Waals surface area contributed by atoms with Crippen molar-refractivity contribution in [1.29, 1.82) is 0 Å². The fraction of sp³-hybridized carbons (Fsp3) is 0.158. The van der Waals surface area contributed by atoms with Crippen LogP contribution in [0.15, 0.2) is 48.7 Å². The van der Waals surface area contributed by atoms with Crippen LogP contribution in [0.4, 0.5) is 0 Å². The molecule has 0 aliphatic heterocycles. The van der Waals surface area contributed by atoms with Crippen molar-refractivity contribution in [3.8, 4) is 0 Å². The molecule has 1 heterocycles. The largest absolute Gasteiger partial charge is 0.348 e. The van der Waals surface area contributed by atoms with Crippen LogP contribution in [0.25, 0.3) is 10.9 Å². The van der Waals surface area contributed by atoms with E-state index >= 15 is 0 Å². The van der Waals surface area contributed by atoms with Crippen molar-refractivity contribution in [2.24, 2.45) is 0 Å². The molecule has 0 aliphatic rings. The number of aryl methyl sites for hydroxylation is 1. The van der Waals surface area contributed by atoms with Gasteiger partial charge in [0.15, 0.2) is 0 Å². The number of carbonyl (C=O) groups is 2. The molecule has 0 unspecified atom stereocenters. The van der Waals surface area contributed by atoms with E-state index in [1.54, 1.807) is 24.4 Å². The van der Waals surface area contributed by atoms with Crippen LogP contribution in [-0.4, -0.2) is 16.4 Å². The van der Waals surface area contributed by atoms with E-state index in [4.69, 9.17) is 11.6 Å². The highest BCUT2D eigenvalue weighted by molar-refractivity contribution is 6.31. The molecule has 0 fully saturated rings. The fourth-order valence-electron chi connectivity index (χ4n) is 2.74. The zero-order valence-corrected chi connectivity index (χ0v) is 14.2. The Morgan fingerprint density at radius 3 is 2.67 bits per heavy atom. The Bertz CT molecular complexity index is 944. The van der Waals surface area contributed by atoms with Crippen molar-refractivity contribution in [2.75, 3.05) is 0 Å². The maximum atomic E-state index is 12.6. The molecular formula is C19H17ClN2O2. The monoisotopic (exact) mass is 340 g/mol. The predicted molar refractivity (Wildman–Crippen MR) is 95.6 cm³/mol. The van der Waals surface area contributed by atoms with Gasteiger partial charge in [0.1, 0.15) is 0 Å². The Morgan fingerprint density at radius 1 is 1.17 bits per heavy atom. The molecule has 3 rings (SSSR count). The maximum Gasteiger partial charge on any atom is 0.253 e. The standard InChI is InChI=1S/C19H17ClN2O2/c1-12-4-3-5-14(8-12)10-21-19(24)17-11-22(13(2)23)18-9-15(20)6-7-16(17)18/h3-9,11H,10H2,1-2H3,(H,21,24). The van der Waals surface area contributed by atoms with Crippen molar-refractivity contribution in [1.82, 2.24) is 9.88 Å². The summed E-state index contributed by atoms with van der Waals surface area (Å²) in [7, 11) is 0. The number of aromatic nitrogens is 1. The molecule has 1 amide bonds. The summed E-state index contributed by atoms with van der Waals surface area (Å²) in [5.41, 5.74) is 3.27. The lowest BCUT2D eigenvalue weighted by Crippen LogP contribution is -2.22. The lowest BCUT2D eigenvalue weighted by molar-refractivity contribution is 0.0941. The lowest BCUT2D eigenvalue weighted by Gasteiger charge is -2.05. The average Bonchev–Trinajstić information content (AvgIpc) is 2.91. The van der Waals surface area contributed by atoms with Gasteiger partial charge in [-0.2, -0.15) is 0 Å². The highest BCUT2D eigenvalue weighted by atomic mass is 35.5. The van der Waals surface area contributed by atoms with E-state index in [1.165, 1.54) is 11.5 Å². The summed E-state index contributed by atoms with van der Waals surface area (Å²) in [6.07, 6.45) is 1.56. The van der Waals surface area contributed by atoms with Gasteiger partial charge < -0.3 is 5.32 Å². The van der Waals surface area contributed by atoms with E-state index < -0.39 is 0 Å². The molecule has 0 radical (unpaired) electrons. The number of hydrogen-bond donors (Lipinski definition) is 1. The van der Waals surface area contributed by atoms with Crippen molar-refractivity contribution < 1.29 is 9.59 Å². The molecule has 122 valence electrons. The molecule has 0 atom stereocenters. The number of halogens is 1. The summed E-state index contributed by atoms with van der Waals surface area (Å²) in [4.78, 5) is 24.4. The second-order valence-corrected chi connectivity index (χ2v) is 6.20. The van der Waals surface area contributed by atoms with Crippen molar-refractivity contribution in [3.05, 3.63) is 70.4 Å². The second kappa shape index (κ2) is 6.49. The molecular weight excluding hydrogens is 324 g/mol. The first-order chi connectivity index (χ1) is 11.5. The van der Waals surface area contributed by atoms with Gasteiger partial charge >= 0.3 is 0 Å². The van der Waals surface area contributed by atoms with Gasteiger partial charge in [0.2, 0.25) is 5.91 Å². The van der Waals surface area contributed by atoms with Crippen LogP contribution in [-0.2, 0) is 6.54 Å². The highest BCUT2D eigenvalue weighted by Gasteiger charge is 2.17. The van der Waals surface area contributed by atoms with Gasteiger partial charge in [0.25, 0.3) is 5.91 Å². The molecule has 0 spiro atoms. The van der Waals surface area contributed by atoms with Gasteiger partial charge in [-0.3, -0.25) is 14.2 Å². The first kappa shape index (κ1) is 16.3. The van der Waals surface area contributed by atoms with Crippen molar-refractivity contribution >= 4 is 34.3 Å². The number of nitrogens with one attached hydrogen (secondary N) is 1. The second-order valence-electron chi connectivity index (χ2n) is 5.76. The third-order valence-electron chi connectivity index (χ3n) is 3.89. The van der Waals surface area contributed by atoms with Gasteiger partial charge in [-0.25, -0.2) is 0 Å². The van der Waals surface area contributed by atoms with E-state index in [0.29, 0.717) is 28.0 Å². The van der Waals surface area contributed by atoms with Crippen LogP contribution in [0.2, 0.25) is 5.02 Å². The molecule has 0 saturated heterocycles. The zero-order valence-electron chi connectivity index (χ0n) is 13.5. The zero-order chi connectivity index (χ0) is 17.3. The number of benzene rings is 2. The van der Waals surface area contributed by atoms with Gasteiger partial charge in [-0.05, 0) is 24.6 Å². The van der Waals surface area contributed by atoms with Gasteiger partial charge in [-0.15, -0.1) is 0 Å². The summed E-state index contributed by atoms with van der Waals surface area (Å²) >= 11 is 6.01. The SMILES string of the molecule is CC(=O)n1cc(C(=O)NCc2cccc(C)c2)c2ccc(Cl)cc21. The molecule has 3 aromatic rings. The van der Waals surface area contributed by atoms with E-state index in [2.05, 4.69) is 5.32 Å². The minimum absolute atomic E-state index is 0.167. The van der Waals surface area contributed by atoms with Crippen LogP contribution in [0, 0.1) is 6.92 Å². The van der Waals surface area contributed by atoms with Crippen molar-refractivity contribution in [2.45, 2.75) is 20.4 Å². The summed E-state index contributed by atoms with van der Waals surface area (Å²) in [5.74, 6) is -0.385. The van der Waals surface area contributed by atoms with Crippen molar-refractivity contribution in [3.63, 3.8) is 0 Å². The number of hydrogen-bond acceptors (Lipinski definition) is 2. The minimum Gasteiger partial charge on any atom is -0.348 e. The molecule has 1 N–H and O–H groups in total. The maximum absolute atomic E-state index is 12.6. The molecule has 4 nitrogen and oxygen atoms in total.